The smallest absolute Gasteiger partial charge is 0.395 e. The van der Waals surface area contributed by atoms with Crippen molar-refractivity contribution in [2.45, 2.75) is 13.8 Å². The lowest BCUT2D eigenvalue weighted by molar-refractivity contribution is 0.111. The largest absolute Gasteiger partial charge is 0.505 e. The van der Waals surface area contributed by atoms with Crippen LogP contribution in [0.3, 0.4) is 0 Å². The average molecular weight is 213 g/mol. The summed E-state index contributed by atoms with van der Waals surface area (Å²) in [6.45, 7) is 3.16. The Morgan fingerprint density at radius 3 is 2.57 bits per heavy atom. The van der Waals surface area contributed by atoms with Crippen molar-refractivity contribution in [2.75, 3.05) is 0 Å². The second-order valence-corrected chi connectivity index (χ2v) is 2.99. The summed E-state index contributed by atoms with van der Waals surface area (Å²) in [5, 5.41) is 9.45. The fourth-order valence-electron chi connectivity index (χ4n) is 1.11. The molecule has 0 radical (unpaired) electrons. The van der Waals surface area contributed by atoms with Gasteiger partial charge < -0.3 is 9.63 Å². The molecule has 0 unspecified atom stereocenters. The summed E-state index contributed by atoms with van der Waals surface area (Å²) < 4.78 is 14.9. The van der Waals surface area contributed by atoms with Gasteiger partial charge in [-0.05, 0) is 13.8 Å². The molecule has 0 aliphatic rings. The van der Waals surface area contributed by atoms with E-state index in [-0.39, 0.29) is 17.1 Å². The highest BCUT2D eigenvalue weighted by Crippen LogP contribution is 2.32. The third kappa shape index (κ3) is 1.72. The third-order valence-electron chi connectivity index (χ3n) is 1.75. The molecular formula is C8H8NO4P. The lowest BCUT2D eigenvalue weighted by atomic mass is 10.1. The number of rotatable bonds is 3. The molecule has 0 aliphatic carbocycles. The van der Waals surface area contributed by atoms with E-state index < -0.39 is 8.69 Å². The minimum absolute atomic E-state index is 0.0293. The SMILES string of the molecule is Cc1nc(C)c(OP=O)c(C=O)c1O. The molecule has 6 heteroatoms. The standard InChI is InChI=1S/C8H8NO4P/c1-4-7(11)6(3-10)8(13-14-12)5(2)9-4/h3,11H,1-2H3. The van der Waals surface area contributed by atoms with Gasteiger partial charge in [-0.25, -0.2) is 4.57 Å². The van der Waals surface area contributed by atoms with Gasteiger partial charge in [-0.2, -0.15) is 0 Å². The van der Waals surface area contributed by atoms with Gasteiger partial charge in [0.05, 0.1) is 11.4 Å². The molecule has 5 nitrogen and oxygen atoms in total. The van der Waals surface area contributed by atoms with Crippen LogP contribution in [0.15, 0.2) is 0 Å². The highest BCUT2D eigenvalue weighted by atomic mass is 31.1. The molecule has 1 aromatic rings. The summed E-state index contributed by atoms with van der Waals surface area (Å²) in [4.78, 5) is 14.6. The van der Waals surface area contributed by atoms with Gasteiger partial charge in [0.15, 0.2) is 17.8 Å². The van der Waals surface area contributed by atoms with Crippen LogP contribution < -0.4 is 4.52 Å². The Labute approximate surface area is 82.0 Å². The van der Waals surface area contributed by atoms with E-state index in [1.54, 1.807) is 13.8 Å². The van der Waals surface area contributed by atoms with Crippen LogP contribution >= 0.6 is 8.69 Å². The maximum atomic E-state index is 10.7. The summed E-state index contributed by atoms with van der Waals surface area (Å²) in [6.07, 6.45) is 0.442. The lowest BCUT2D eigenvalue weighted by Crippen LogP contribution is -1.97. The maximum absolute atomic E-state index is 10.7. The quantitative estimate of drug-likeness (QED) is 0.611. The summed E-state index contributed by atoms with van der Waals surface area (Å²) in [5.74, 6) is -0.205. The molecular weight excluding hydrogens is 205 g/mol. The molecule has 0 fully saturated rings. The first-order valence-corrected chi connectivity index (χ1v) is 4.49. The molecule has 1 rings (SSSR count). The Hall–Kier alpha value is -1.48. The van der Waals surface area contributed by atoms with Crippen molar-refractivity contribution in [3.8, 4) is 11.5 Å². The van der Waals surface area contributed by atoms with Gasteiger partial charge in [-0.15, -0.1) is 0 Å². The maximum Gasteiger partial charge on any atom is 0.395 e. The summed E-state index contributed by atoms with van der Waals surface area (Å²) in [5.41, 5.74) is 0.712. The molecule has 14 heavy (non-hydrogen) atoms. The predicted octanol–water partition coefficient (Wildman–Crippen LogP) is 1.80. The van der Waals surface area contributed by atoms with E-state index in [2.05, 4.69) is 9.51 Å². The summed E-state index contributed by atoms with van der Waals surface area (Å²) >= 11 is 0. The van der Waals surface area contributed by atoms with Crippen molar-refractivity contribution in [2.24, 2.45) is 0 Å². The molecule has 0 aromatic carbocycles. The van der Waals surface area contributed by atoms with Crippen LogP contribution in [0.4, 0.5) is 0 Å². The van der Waals surface area contributed by atoms with E-state index in [9.17, 15) is 14.5 Å². The van der Waals surface area contributed by atoms with Crippen molar-refractivity contribution in [1.29, 1.82) is 0 Å². The average Bonchev–Trinajstić information content (AvgIpc) is 2.15. The molecule has 0 saturated heterocycles. The van der Waals surface area contributed by atoms with Gasteiger partial charge in [-0.1, -0.05) is 0 Å². The van der Waals surface area contributed by atoms with Crippen LogP contribution in [-0.2, 0) is 4.57 Å². The van der Waals surface area contributed by atoms with Crippen LogP contribution in [0, 0.1) is 13.8 Å². The number of carbonyl (C=O) groups is 1. The van der Waals surface area contributed by atoms with Crippen molar-refractivity contribution in [3.05, 3.63) is 17.0 Å². The molecule has 0 aliphatic heterocycles. The zero-order valence-corrected chi connectivity index (χ0v) is 8.54. The Balaban J connectivity index is 3.45. The van der Waals surface area contributed by atoms with Crippen molar-refractivity contribution in [1.82, 2.24) is 4.98 Å². The molecule has 74 valence electrons. The van der Waals surface area contributed by atoms with Gasteiger partial charge in [0.1, 0.15) is 5.56 Å². The van der Waals surface area contributed by atoms with Gasteiger partial charge in [0.2, 0.25) is 0 Å². The van der Waals surface area contributed by atoms with Crippen LogP contribution in [0.25, 0.3) is 0 Å². The minimum Gasteiger partial charge on any atom is -0.505 e. The first-order valence-electron chi connectivity index (χ1n) is 3.76. The van der Waals surface area contributed by atoms with Gasteiger partial charge in [0.25, 0.3) is 0 Å². The summed E-state index contributed by atoms with van der Waals surface area (Å²) in [7, 11) is -0.591. The molecule has 1 aromatic heterocycles. The van der Waals surface area contributed by atoms with E-state index >= 15 is 0 Å². The van der Waals surface area contributed by atoms with Crippen molar-refractivity contribution >= 4 is 15.0 Å². The normalized spacial score (nSPS) is 10.1. The number of aromatic hydroxyl groups is 1. The van der Waals surface area contributed by atoms with E-state index in [1.807, 2.05) is 0 Å². The van der Waals surface area contributed by atoms with Gasteiger partial charge in [-0.3, -0.25) is 9.78 Å². The van der Waals surface area contributed by atoms with E-state index in [0.717, 1.165) is 0 Å². The highest BCUT2D eigenvalue weighted by Gasteiger charge is 2.16. The van der Waals surface area contributed by atoms with Gasteiger partial charge in [0, 0.05) is 0 Å². The number of nitrogens with zero attached hydrogens (tertiary/aromatic N) is 1. The minimum atomic E-state index is -0.591. The number of hydrogen-bond acceptors (Lipinski definition) is 5. The molecule has 0 saturated carbocycles. The molecule has 1 N–H and O–H groups in total. The van der Waals surface area contributed by atoms with Crippen LogP contribution in [-0.4, -0.2) is 16.4 Å². The summed E-state index contributed by atoms with van der Waals surface area (Å²) in [6, 6.07) is 0. The lowest BCUT2D eigenvalue weighted by Gasteiger charge is -2.08. The highest BCUT2D eigenvalue weighted by molar-refractivity contribution is 7.17. The Morgan fingerprint density at radius 2 is 2.07 bits per heavy atom. The molecule has 1 heterocycles. The zero-order valence-electron chi connectivity index (χ0n) is 7.64. The van der Waals surface area contributed by atoms with Crippen LogP contribution in [0.5, 0.6) is 11.5 Å². The second-order valence-electron chi connectivity index (χ2n) is 2.66. The fourth-order valence-corrected chi connectivity index (χ4v) is 1.42. The Bertz CT molecular complexity index is 391. The number of aryl methyl sites for hydroxylation is 2. The zero-order chi connectivity index (χ0) is 10.7. The Morgan fingerprint density at radius 1 is 1.43 bits per heavy atom. The van der Waals surface area contributed by atoms with Crippen molar-refractivity contribution in [3.63, 3.8) is 0 Å². The third-order valence-corrected chi connectivity index (χ3v) is 2.01. The molecule has 0 bridgehead atoms. The van der Waals surface area contributed by atoms with Gasteiger partial charge >= 0.3 is 8.69 Å². The fraction of sp³-hybridized carbons (Fsp3) is 0.250. The number of aromatic nitrogens is 1. The monoisotopic (exact) mass is 213 g/mol. The molecule has 0 amide bonds. The number of pyridine rings is 1. The Kier molecular flexibility index (Phi) is 3.14. The number of aldehydes is 1. The number of hydrogen-bond donors (Lipinski definition) is 1. The molecule has 0 atom stereocenters. The van der Waals surface area contributed by atoms with Crippen LogP contribution in [0.1, 0.15) is 21.7 Å². The second kappa shape index (κ2) is 4.15. The van der Waals surface area contributed by atoms with Crippen molar-refractivity contribution < 1.29 is 19.0 Å². The first kappa shape index (κ1) is 10.6. The number of carbonyl (C=O) groups excluding carboxylic acids is 1. The topological polar surface area (TPSA) is 76.5 Å². The van der Waals surface area contributed by atoms with E-state index in [1.165, 1.54) is 0 Å². The predicted molar refractivity (Wildman–Crippen MR) is 49.0 cm³/mol. The first-order chi connectivity index (χ1) is 6.61. The van der Waals surface area contributed by atoms with E-state index in [0.29, 0.717) is 17.7 Å². The van der Waals surface area contributed by atoms with E-state index in [4.69, 9.17) is 0 Å². The molecule has 0 spiro atoms. The van der Waals surface area contributed by atoms with Crippen LogP contribution in [0.2, 0.25) is 0 Å².